The van der Waals surface area contributed by atoms with Gasteiger partial charge in [0.1, 0.15) is 0 Å². The predicted octanol–water partition coefficient (Wildman–Crippen LogP) is 2.02. The first-order chi connectivity index (χ1) is 9.74. The van der Waals surface area contributed by atoms with Gasteiger partial charge in [0.2, 0.25) is 0 Å². The van der Waals surface area contributed by atoms with Crippen LogP contribution in [0, 0.1) is 0 Å². The van der Waals surface area contributed by atoms with Crippen LogP contribution in [0.15, 0.2) is 24.5 Å². The summed E-state index contributed by atoms with van der Waals surface area (Å²) < 4.78 is 0. The predicted molar refractivity (Wildman–Crippen MR) is 80.8 cm³/mol. The maximum absolute atomic E-state index is 12.0. The van der Waals surface area contributed by atoms with Crippen LogP contribution in [-0.2, 0) is 0 Å². The van der Waals surface area contributed by atoms with Crippen LogP contribution >= 0.6 is 0 Å². The lowest BCUT2D eigenvalue weighted by Gasteiger charge is -2.17. The van der Waals surface area contributed by atoms with Gasteiger partial charge in [0, 0.05) is 12.1 Å². The fourth-order valence-corrected chi connectivity index (χ4v) is 2.22. The molecular formula is C15H22N4O. The van der Waals surface area contributed by atoms with Crippen molar-refractivity contribution in [3.63, 3.8) is 0 Å². The van der Waals surface area contributed by atoms with Gasteiger partial charge >= 0.3 is 0 Å². The number of rotatable bonds is 7. The van der Waals surface area contributed by atoms with Crippen LogP contribution in [0.2, 0.25) is 0 Å². The molecule has 0 aliphatic rings. The highest BCUT2D eigenvalue weighted by atomic mass is 16.1. The molecule has 0 bridgehead atoms. The van der Waals surface area contributed by atoms with Gasteiger partial charge in [0.05, 0.1) is 17.4 Å². The summed E-state index contributed by atoms with van der Waals surface area (Å²) in [5, 5.41) is 2.96. The maximum atomic E-state index is 12.0. The third-order valence-electron chi connectivity index (χ3n) is 3.51. The maximum Gasteiger partial charge on any atom is 0.251 e. The quantitative estimate of drug-likeness (QED) is 0.759. The number of hydrogen-bond acceptors (Lipinski definition) is 3. The molecule has 0 spiro atoms. The average molecular weight is 274 g/mol. The van der Waals surface area contributed by atoms with Crippen molar-refractivity contribution in [3.8, 4) is 0 Å². The number of carbonyl (C=O) groups excluding carboxylic acids is 1. The Morgan fingerprint density at radius 2 is 2.15 bits per heavy atom. The van der Waals surface area contributed by atoms with Crippen molar-refractivity contribution in [2.24, 2.45) is 0 Å². The SMILES string of the molecule is CCN(CC)CCCNC(=O)c1ccc2nc[nH]c2c1. The highest BCUT2D eigenvalue weighted by Crippen LogP contribution is 2.11. The van der Waals surface area contributed by atoms with E-state index in [0.717, 1.165) is 37.1 Å². The van der Waals surface area contributed by atoms with E-state index in [1.165, 1.54) is 0 Å². The molecule has 2 aromatic rings. The zero-order chi connectivity index (χ0) is 14.4. The molecule has 2 N–H and O–H groups in total. The number of H-pyrrole nitrogens is 1. The van der Waals surface area contributed by atoms with Gasteiger partial charge in [-0.3, -0.25) is 4.79 Å². The number of aromatic nitrogens is 2. The number of nitrogens with zero attached hydrogens (tertiary/aromatic N) is 2. The van der Waals surface area contributed by atoms with Gasteiger partial charge < -0.3 is 15.2 Å². The first-order valence-corrected chi connectivity index (χ1v) is 7.18. The van der Waals surface area contributed by atoms with Crippen molar-refractivity contribution in [2.75, 3.05) is 26.2 Å². The summed E-state index contributed by atoms with van der Waals surface area (Å²) in [6.45, 7) is 8.15. The lowest BCUT2D eigenvalue weighted by atomic mass is 10.2. The van der Waals surface area contributed by atoms with Gasteiger partial charge in [0.25, 0.3) is 5.91 Å². The minimum atomic E-state index is -0.0268. The molecular weight excluding hydrogens is 252 g/mol. The van der Waals surface area contributed by atoms with Gasteiger partial charge in [0.15, 0.2) is 0 Å². The molecule has 1 aromatic carbocycles. The summed E-state index contributed by atoms with van der Waals surface area (Å²) in [5.41, 5.74) is 2.44. The highest BCUT2D eigenvalue weighted by molar-refractivity contribution is 5.97. The van der Waals surface area contributed by atoms with E-state index in [1.54, 1.807) is 6.33 Å². The van der Waals surface area contributed by atoms with Gasteiger partial charge in [-0.2, -0.15) is 0 Å². The van der Waals surface area contributed by atoms with Gasteiger partial charge in [-0.15, -0.1) is 0 Å². The van der Waals surface area contributed by atoms with E-state index >= 15 is 0 Å². The monoisotopic (exact) mass is 274 g/mol. The third kappa shape index (κ3) is 3.57. The second-order valence-electron chi connectivity index (χ2n) is 4.77. The molecule has 1 aromatic heterocycles. The molecule has 5 nitrogen and oxygen atoms in total. The smallest absolute Gasteiger partial charge is 0.251 e. The molecule has 0 atom stereocenters. The topological polar surface area (TPSA) is 61.0 Å². The van der Waals surface area contributed by atoms with E-state index in [0.29, 0.717) is 12.1 Å². The van der Waals surface area contributed by atoms with Gasteiger partial charge in [-0.05, 0) is 44.3 Å². The van der Waals surface area contributed by atoms with Crippen molar-refractivity contribution in [1.82, 2.24) is 20.2 Å². The highest BCUT2D eigenvalue weighted by Gasteiger charge is 2.07. The summed E-state index contributed by atoms with van der Waals surface area (Å²) in [5.74, 6) is -0.0268. The lowest BCUT2D eigenvalue weighted by molar-refractivity contribution is 0.0952. The number of carbonyl (C=O) groups is 1. The van der Waals surface area contributed by atoms with Crippen LogP contribution in [0.1, 0.15) is 30.6 Å². The number of fused-ring (bicyclic) bond motifs is 1. The molecule has 108 valence electrons. The normalized spacial score (nSPS) is 11.2. The lowest BCUT2D eigenvalue weighted by Crippen LogP contribution is -2.29. The van der Waals surface area contributed by atoms with E-state index < -0.39 is 0 Å². The van der Waals surface area contributed by atoms with Gasteiger partial charge in [-0.25, -0.2) is 4.98 Å². The van der Waals surface area contributed by atoms with Crippen molar-refractivity contribution < 1.29 is 4.79 Å². The Hall–Kier alpha value is -1.88. The molecule has 0 aliphatic carbocycles. The van der Waals surface area contributed by atoms with Crippen molar-refractivity contribution >= 4 is 16.9 Å². The number of nitrogens with one attached hydrogen (secondary N) is 2. The largest absolute Gasteiger partial charge is 0.352 e. The third-order valence-corrected chi connectivity index (χ3v) is 3.51. The van der Waals surface area contributed by atoms with E-state index in [-0.39, 0.29) is 5.91 Å². The molecule has 1 amide bonds. The molecule has 0 radical (unpaired) electrons. The summed E-state index contributed by atoms with van der Waals surface area (Å²) >= 11 is 0. The minimum Gasteiger partial charge on any atom is -0.352 e. The van der Waals surface area contributed by atoms with E-state index in [2.05, 4.69) is 34.0 Å². The number of amides is 1. The van der Waals surface area contributed by atoms with Gasteiger partial charge in [-0.1, -0.05) is 13.8 Å². The van der Waals surface area contributed by atoms with Crippen molar-refractivity contribution in [2.45, 2.75) is 20.3 Å². The van der Waals surface area contributed by atoms with Crippen molar-refractivity contribution in [3.05, 3.63) is 30.1 Å². The zero-order valence-electron chi connectivity index (χ0n) is 12.1. The molecule has 5 heteroatoms. The molecule has 0 saturated heterocycles. The fourth-order valence-electron chi connectivity index (χ4n) is 2.22. The fraction of sp³-hybridized carbons (Fsp3) is 0.467. The first-order valence-electron chi connectivity index (χ1n) is 7.18. The summed E-state index contributed by atoms with van der Waals surface area (Å²) in [6.07, 6.45) is 2.61. The number of imidazole rings is 1. The van der Waals surface area contributed by atoms with Crippen LogP contribution in [-0.4, -0.2) is 47.0 Å². The minimum absolute atomic E-state index is 0.0268. The molecule has 20 heavy (non-hydrogen) atoms. The van der Waals surface area contributed by atoms with Crippen LogP contribution in [0.25, 0.3) is 11.0 Å². The molecule has 0 saturated carbocycles. The molecule has 0 aliphatic heterocycles. The summed E-state index contributed by atoms with van der Waals surface area (Å²) in [7, 11) is 0. The van der Waals surface area contributed by atoms with E-state index in [4.69, 9.17) is 0 Å². The zero-order valence-corrected chi connectivity index (χ0v) is 12.1. The molecule has 1 heterocycles. The van der Waals surface area contributed by atoms with Crippen LogP contribution < -0.4 is 5.32 Å². The Balaban J connectivity index is 1.82. The van der Waals surface area contributed by atoms with E-state index in [1.807, 2.05) is 18.2 Å². The Morgan fingerprint density at radius 1 is 1.35 bits per heavy atom. The Labute approximate surface area is 119 Å². The van der Waals surface area contributed by atoms with Crippen molar-refractivity contribution in [1.29, 1.82) is 0 Å². The average Bonchev–Trinajstić information content (AvgIpc) is 2.94. The number of benzene rings is 1. The number of hydrogen-bond donors (Lipinski definition) is 2. The molecule has 0 unspecified atom stereocenters. The first kappa shape index (κ1) is 14.5. The Kier molecular flexibility index (Phi) is 5.12. The molecule has 0 fully saturated rings. The Bertz CT molecular complexity index is 560. The Morgan fingerprint density at radius 3 is 2.90 bits per heavy atom. The summed E-state index contributed by atoms with van der Waals surface area (Å²) in [6, 6.07) is 5.50. The van der Waals surface area contributed by atoms with Crippen LogP contribution in [0.3, 0.4) is 0 Å². The van der Waals surface area contributed by atoms with E-state index in [9.17, 15) is 4.79 Å². The van der Waals surface area contributed by atoms with Crippen LogP contribution in [0.5, 0.6) is 0 Å². The summed E-state index contributed by atoms with van der Waals surface area (Å²) in [4.78, 5) is 21.5. The number of aromatic amines is 1. The van der Waals surface area contributed by atoms with Crippen LogP contribution in [0.4, 0.5) is 0 Å². The standard InChI is InChI=1S/C15H22N4O/c1-3-19(4-2)9-5-8-16-15(20)12-6-7-13-14(10-12)18-11-17-13/h6-7,10-11H,3-5,8-9H2,1-2H3,(H,16,20)(H,17,18). The molecule has 2 rings (SSSR count). The second kappa shape index (κ2) is 7.05. The second-order valence-corrected chi connectivity index (χ2v) is 4.77.